The molecule has 2 heterocycles. The fraction of sp³-hybridized carbons (Fsp3) is 0.235. The average Bonchev–Trinajstić information content (AvgIpc) is 2.89. The van der Waals surface area contributed by atoms with Crippen LogP contribution in [0.2, 0.25) is 0 Å². The predicted octanol–water partition coefficient (Wildman–Crippen LogP) is 2.06. The van der Waals surface area contributed by atoms with E-state index in [1.807, 2.05) is 31.2 Å². The van der Waals surface area contributed by atoms with Crippen LogP contribution in [-0.2, 0) is 4.79 Å². The van der Waals surface area contributed by atoms with E-state index in [9.17, 15) is 14.0 Å². The molecule has 1 saturated heterocycles. The molecule has 2 aromatic rings. The first-order valence-corrected chi connectivity index (χ1v) is 7.34. The van der Waals surface area contributed by atoms with Crippen molar-refractivity contribution in [2.45, 2.75) is 19.4 Å². The molecule has 2 amide bonds. The summed E-state index contributed by atoms with van der Waals surface area (Å²) in [6.45, 7) is 2.49. The Bertz CT molecular complexity index is 746. The minimum atomic E-state index is -0.703. The Hall–Kier alpha value is -2.76. The number of benzene rings is 1. The summed E-state index contributed by atoms with van der Waals surface area (Å²) in [6.07, 6.45) is 2.81. The molecule has 1 fully saturated rings. The van der Waals surface area contributed by atoms with Crippen molar-refractivity contribution in [1.29, 1.82) is 0 Å². The first-order valence-electron chi connectivity index (χ1n) is 7.34. The Morgan fingerprint density at radius 1 is 1.30 bits per heavy atom. The molecule has 1 aromatic heterocycles. The van der Waals surface area contributed by atoms with Gasteiger partial charge in [-0.25, -0.2) is 4.39 Å². The number of aryl methyl sites for hydroxylation is 1. The summed E-state index contributed by atoms with van der Waals surface area (Å²) in [5.74, 6) is -1.49. The highest BCUT2D eigenvalue weighted by Crippen LogP contribution is 2.22. The van der Waals surface area contributed by atoms with E-state index in [-0.39, 0.29) is 11.5 Å². The number of amides is 2. The topological polar surface area (TPSA) is 62.3 Å². The van der Waals surface area contributed by atoms with Crippen LogP contribution in [0.3, 0.4) is 0 Å². The Morgan fingerprint density at radius 3 is 2.74 bits per heavy atom. The molecule has 1 aromatic carbocycles. The number of hydrogen-bond donors (Lipinski definition) is 1. The molecule has 0 spiro atoms. The van der Waals surface area contributed by atoms with E-state index < -0.39 is 17.8 Å². The number of pyridine rings is 1. The molecular formula is C17H16FN3O2. The van der Waals surface area contributed by atoms with E-state index in [0.717, 1.165) is 17.4 Å². The number of halogens is 1. The summed E-state index contributed by atoms with van der Waals surface area (Å²) >= 11 is 0. The second-order valence-corrected chi connectivity index (χ2v) is 5.50. The van der Waals surface area contributed by atoms with Gasteiger partial charge in [0.25, 0.3) is 5.91 Å². The standard InChI is InChI=1S/C17H16FN3O2/c1-11-2-4-12(5-3-11)21-9-7-15(17(21)23)20-16(22)13-6-8-19-10-14(13)18/h2-6,8,10,15H,7,9H2,1H3,(H,20,22). The van der Waals surface area contributed by atoms with E-state index in [1.54, 1.807) is 4.90 Å². The number of nitrogens with one attached hydrogen (secondary N) is 1. The minimum absolute atomic E-state index is 0.110. The second-order valence-electron chi connectivity index (χ2n) is 5.50. The van der Waals surface area contributed by atoms with Crippen molar-refractivity contribution in [2.75, 3.05) is 11.4 Å². The molecule has 1 unspecified atom stereocenters. The van der Waals surface area contributed by atoms with Gasteiger partial charge in [0, 0.05) is 18.4 Å². The molecule has 0 saturated carbocycles. The molecule has 0 radical (unpaired) electrons. The molecule has 0 aliphatic carbocycles. The Kier molecular flexibility index (Phi) is 4.06. The Morgan fingerprint density at radius 2 is 2.04 bits per heavy atom. The maximum atomic E-state index is 13.6. The zero-order valence-corrected chi connectivity index (χ0v) is 12.6. The highest BCUT2D eigenvalue weighted by Gasteiger charge is 2.34. The number of rotatable bonds is 3. The zero-order valence-electron chi connectivity index (χ0n) is 12.6. The Balaban J connectivity index is 1.71. The van der Waals surface area contributed by atoms with Gasteiger partial charge in [0.15, 0.2) is 5.82 Å². The van der Waals surface area contributed by atoms with E-state index >= 15 is 0 Å². The molecule has 23 heavy (non-hydrogen) atoms. The lowest BCUT2D eigenvalue weighted by Gasteiger charge is -2.17. The highest BCUT2D eigenvalue weighted by molar-refractivity contribution is 6.03. The summed E-state index contributed by atoms with van der Waals surface area (Å²) < 4.78 is 13.6. The monoisotopic (exact) mass is 313 g/mol. The van der Waals surface area contributed by atoms with Gasteiger partial charge in [-0.15, -0.1) is 0 Å². The second kappa shape index (κ2) is 6.16. The highest BCUT2D eigenvalue weighted by atomic mass is 19.1. The van der Waals surface area contributed by atoms with Crippen LogP contribution in [0.15, 0.2) is 42.7 Å². The molecule has 6 heteroatoms. The average molecular weight is 313 g/mol. The normalized spacial score (nSPS) is 17.4. The smallest absolute Gasteiger partial charge is 0.255 e. The van der Waals surface area contributed by atoms with Crippen molar-refractivity contribution in [1.82, 2.24) is 10.3 Å². The molecule has 1 aliphatic heterocycles. The number of anilines is 1. The quantitative estimate of drug-likeness (QED) is 0.943. The van der Waals surface area contributed by atoms with Gasteiger partial charge in [0.1, 0.15) is 6.04 Å². The molecule has 0 bridgehead atoms. The van der Waals surface area contributed by atoms with E-state index in [2.05, 4.69) is 10.3 Å². The number of nitrogens with zero attached hydrogens (tertiary/aromatic N) is 2. The van der Waals surface area contributed by atoms with Gasteiger partial charge in [0.2, 0.25) is 5.91 Å². The van der Waals surface area contributed by atoms with Gasteiger partial charge in [-0.05, 0) is 31.5 Å². The molecule has 3 rings (SSSR count). The third kappa shape index (κ3) is 3.06. The van der Waals surface area contributed by atoms with Crippen LogP contribution in [0, 0.1) is 12.7 Å². The van der Waals surface area contributed by atoms with E-state index in [1.165, 1.54) is 12.3 Å². The summed E-state index contributed by atoms with van der Waals surface area (Å²) in [5, 5.41) is 2.60. The van der Waals surface area contributed by atoms with Crippen molar-refractivity contribution in [3.63, 3.8) is 0 Å². The van der Waals surface area contributed by atoms with Crippen molar-refractivity contribution >= 4 is 17.5 Å². The lowest BCUT2D eigenvalue weighted by atomic mass is 10.2. The van der Waals surface area contributed by atoms with Gasteiger partial charge in [-0.1, -0.05) is 17.7 Å². The van der Waals surface area contributed by atoms with E-state index in [4.69, 9.17) is 0 Å². The lowest BCUT2D eigenvalue weighted by Crippen LogP contribution is -2.41. The van der Waals surface area contributed by atoms with Crippen LogP contribution in [0.1, 0.15) is 22.3 Å². The summed E-state index contributed by atoms with van der Waals surface area (Å²) in [4.78, 5) is 29.8. The fourth-order valence-corrected chi connectivity index (χ4v) is 2.59. The van der Waals surface area contributed by atoms with Crippen molar-refractivity contribution < 1.29 is 14.0 Å². The van der Waals surface area contributed by atoms with Crippen LogP contribution in [0.25, 0.3) is 0 Å². The maximum absolute atomic E-state index is 13.6. The van der Waals surface area contributed by atoms with Gasteiger partial charge < -0.3 is 10.2 Å². The van der Waals surface area contributed by atoms with Crippen LogP contribution in [0.4, 0.5) is 10.1 Å². The number of aromatic nitrogens is 1. The summed E-state index contributed by atoms with van der Waals surface area (Å²) in [6, 6.07) is 8.26. The van der Waals surface area contributed by atoms with Gasteiger partial charge in [0.05, 0.1) is 11.8 Å². The zero-order chi connectivity index (χ0) is 16.4. The third-order valence-corrected chi connectivity index (χ3v) is 3.87. The minimum Gasteiger partial charge on any atom is -0.340 e. The van der Waals surface area contributed by atoms with Crippen LogP contribution < -0.4 is 10.2 Å². The van der Waals surface area contributed by atoms with Gasteiger partial charge in [-0.3, -0.25) is 14.6 Å². The number of carbonyl (C=O) groups is 2. The third-order valence-electron chi connectivity index (χ3n) is 3.87. The molecule has 1 N–H and O–H groups in total. The predicted molar refractivity (Wildman–Crippen MR) is 83.6 cm³/mol. The summed E-state index contributed by atoms with van der Waals surface area (Å²) in [7, 11) is 0. The van der Waals surface area contributed by atoms with Crippen LogP contribution >= 0.6 is 0 Å². The van der Waals surface area contributed by atoms with E-state index in [0.29, 0.717) is 13.0 Å². The van der Waals surface area contributed by atoms with Gasteiger partial charge in [-0.2, -0.15) is 0 Å². The van der Waals surface area contributed by atoms with Gasteiger partial charge >= 0.3 is 0 Å². The number of hydrogen-bond acceptors (Lipinski definition) is 3. The summed E-state index contributed by atoms with van der Waals surface area (Å²) in [5.41, 5.74) is 1.80. The molecule has 5 nitrogen and oxygen atoms in total. The molecule has 1 aliphatic rings. The maximum Gasteiger partial charge on any atom is 0.255 e. The SMILES string of the molecule is Cc1ccc(N2CCC(NC(=O)c3ccncc3F)C2=O)cc1. The van der Waals surface area contributed by atoms with Crippen LogP contribution in [0.5, 0.6) is 0 Å². The molecular weight excluding hydrogens is 297 g/mol. The first-order chi connectivity index (χ1) is 11.1. The Labute approximate surface area is 133 Å². The largest absolute Gasteiger partial charge is 0.340 e. The lowest BCUT2D eigenvalue weighted by molar-refractivity contribution is -0.118. The number of carbonyl (C=O) groups excluding carboxylic acids is 2. The molecule has 1 atom stereocenters. The van der Waals surface area contributed by atoms with Crippen molar-refractivity contribution in [2.24, 2.45) is 0 Å². The van der Waals surface area contributed by atoms with Crippen molar-refractivity contribution in [3.8, 4) is 0 Å². The van der Waals surface area contributed by atoms with Crippen molar-refractivity contribution in [3.05, 3.63) is 59.7 Å². The van der Waals surface area contributed by atoms with Crippen LogP contribution in [-0.4, -0.2) is 29.4 Å². The molecule has 118 valence electrons. The fourth-order valence-electron chi connectivity index (χ4n) is 2.59. The first kappa shape index (κ1) is 15.1.